The lowest BCUT2D eigenvalue weighted by Gasteiger charge is -2.13. The molecule has 0 radical (unpaired) electrons. The van der Waals surface area contributed by atoms with E-state index in [1.165, 1.54) is 23.3 Å². The number of carbonyl (C=O) groups excluding carboxylic acids is 1. The lowest BCUT2D eigenvalue weighted by atomic mass is 10.3. The quantitative estimate of drug-likeness (QED) is 0.642. The first-order chi connectivity index (χ1) is 12.4. The second-order valence-corrected chi connectivity index (χ2v) is 6.07. The molecule has 0 fully saturated rings. The number of hydrogen-bond acceptors (Lipinski definition) is 5. The van der Waals surface area contributed by atoms with E-state index < -0.39 is 5.82 Å². The van der Waals surface area contributed by atoms with Crippen LogP contribution < -0.4 is 4.74 Å². The number of aryl methyl sites for hydroxylation is 1. The van der Waals surface area contributed by atoms with Gasteiger partial charge < -0.3 is 18.5 Å². The summed E-state index contributed by atoms with van der Waals surface area (Å²) in [6.07, 6.45) is 1.26. The molecule has 2 heterocycles. The Morgan fingerprint density at radius 2 is 2.15 bits per heavy atom. The Bertz CT molecular complexity index is 922. The third-order valence-electron chi connectivity index (χ3n) is 3.55. The monoisotopic (exact) mass is 378 g/mol. The molecule has 0 aliphatic heterocycles. The van der Waals surface area contributed by atoms with Gasteiger partial charge in [0, 0.05) is 7.05 Å². The molecule has 0 bridgehead atoms. The zero-order chi connectivity index (χ0) is 18.7. The summed E-state index contributed by atoms with van der Waals surface area (Å²) in [6, 6.07) is 7.43. The fourth-order valence-electron chi connectivity index (χ4n) is 2.28. The Labute approximate surface area is 154 Å². The molecule has 6 nitrogen and oxygen atoms in total. The van der Waals surface area contributed by atoms with Crippen molar-refractivity contribution in [2.45, 2.75) is 20.1 Å². The van der Waals surface area contributed by atoms with E-state index in [0.717, 1.165) is 11.8 Å². The third kappa shape index (κ3) is 4.23. The number of nitrogens with zero attached hydrogens (tertiary/aromatic N) is 2. The number of aromatic nitrogens is 1. The van der Waals surface area contributed by atoms with Gasteiger partial charge in [0.1, 0.15) is 29.4 Å². The molecule has 0 atom stereocenters. The number of oxazole rings is 1. The van der Waals surface area contributed by atoms with Crippen molar-refractivity contribution in [1.29, 1.82) is 0 Å². The molecule has 3 rings (SSSR count). The third-order valence-corrected chi connectivity index (χ3v) is 3.85. The number of furan rings is 1. The number of benzene rings is 1. The molecule has 1 aromatic carbocycles. The molecule has 8 heteroatoms. The number of ether oxygens (including phenoxy) is 1. The van der Waals surface area contributed by atoms with Crippen LogP contribution in [-0.2, 0) is 13.2 Å². The molecule has 0 saturated carbocycles. The first kappa shape index (κ1) is 18.0. The summed E-state index contributed by atoms with van der Waals surface area (Å²) in [4.78, 5) is 18.0. The van der Waals surface area contributed by atoms with Gasteiger partial charge in [-0.15, -0.1) is 0 Å². The van der Waals surface area contributed by atoms with Gasteiger partial charge in [0.15, 0.2) is 12.3 Å². The van der Waals surface area contributed by atoms with Crippen molar-refractivity contribution in [2.75, 3.05) is 7.05 Å². The van der Waals surface area contributed by atoms with Crippen molar-refractivity contribution in [2.24, 2.45) is 0 Å². The van der Waals surface area contributed by atoms with Gasteiger partial charge in [-0.1, -0.05) is 11.6 Å². The van der Waals surface area contributed by atoms with Crippen LogP contribution in [0.4, 0.5) is 4.39 Å². The molecule has 3 aromatic rings. The molecule has 26 heavy (non-hydrogen) atoms. The number of carbonyl (C=O) groups is 1. The van der Waals surface area contributed by atoms with Gasteiger partial charge in [0.2, 0.25) is 5.89 Å². The smallest absolute Gasteiger partial charge is 0.275 e. The van der Waals surface area contributed by atoms with Crippen molar-refractivity contribution in [3.8, 4) is 5.75 Å². The van der Waals surface area contributed by atoms with Crippen LogP contribution in [0.5, 0.6) is 5.75 Å². The molecule has 2 aromatic heterocycles. The van der Waals surface area contributed by atoms with E-state index in [2.05, 4.69) is 4.98 Å². The fourth-order valence-corrected chi connectivity index (χ4v) is 2.50. The average Bonchev–Trinajstić information content (AvgIpc) is 3.22. The normalized spacial score (nSPS) is 10.8. The zero-order valence-electron chi connectivity index (χ0n) is 14.2. The highest BCUT2D eigenvalue weighted by molar-refractivity contribution is 6.32. The van der Waals surface area contributed by atoms with E-state index in [1.54, 1.807) is 7.05 Å². The molecule has 0 saturated heterocycles. The highest BCUT2D eigenvalue weighted by atomic mass is 35.5. The van der Waals surface area contributed by atoms with Crippen LogP contribution in [0.2, 0.25) is 5.02 Å². The highest BCUT2D eigenvalue weighted by Gasteiger charge is 2.18. The van der Waals surface area contributed by atoms with E-state index in [4.69, 9.17) is 25.2 Å². The summed E-state index contributed by atoms with van der Waals surface area (Å²) in [7, 11) is 1.64. The van der Waals surface area contributed by atoms with Gasteiger partial charge in [-0.25, -0.2) is 9.37 Å². The first-order valence-corrected chi connectivity index (χ1v) is 8.13. The fraction of sp³-hybridized carbons (Fsp3) is 0.222. The maximum atomic E-state index is 13.0. The van der Waals surface area contributed by atoms with Crippen molar-refractivity contribution in [1.82, 2.24) is 9.88 Å². The Balaban J connectivity index is 1.60. The minimum absolute atomic E-state index is 0.0419. The summed E-state index contributed by atoms with van der Waals surface area (Å²) < 4.78 is 29.2. The summed E-state index contributed by atoms with van der Waals surface area (Å²) in [5.74, 6) is 1.19. The Morgan fingerprint density at radius 3 is 2.85 bits per heavy atom. The average molecular weight is 379 g/mol. The van der Waals surface area contributed by atoms with Crippen LogP contribution in [0, 0.1) is 12.7 Å². The number of rotatable bonds is 6. The van der Waals surface area contributed by atoms with Crippen LogP contribution in [0.25, 0.3) is 0 Å². The molecule has 0 spiro atoms. The summed E-state index contributed by atoms with van der Waals surface area (Å²) in [5.41, 5.74) is 0.152. The summed E-state index contributed by atoms with van der Waals surface area (Å²) >= 11 is 5.89. The van der Waals surface area contributed by atoms with Gasteiger partial charge in [0.05, 0.1) is 11.6 Å². The Kier molecular flexibility index (Phi) is 5.27. The largest absolute Gasteiger partial charge is 0.482 e. The van der Waals surface area contributed by atoms with Gasteiger partial charge in [0.25, 0.3) is 5.91 Å². The predicted octanol–water partition coefficient (Wildman–Crippen LogP) is 4.22. The number of amides is 1. The van der Waals surface area contributed by atoms with Gasteiger partial charge in [-0.05, 0) is 37.3 Å². The second-order valence-electron chi connectivity index (χ2n) is 5.66. The van der Waals surface area contributed by atoms with Crippen molar-refractivity contribution in [3.05, 3.63) is 70.5 Å². The maximum Gasteiger partial charge on any atom is 0.275 e. The molecular formula is C18H16ClFN2O4. The van der Waals surface area contributed by atoms with Gasteiger partial charge in [-0.3, -0.25) is 4.79 Å². The highest BCUT2D eigenvalue weighted by Crippen LogP contribution is 2.25. The van der Waals surface area contributed by atoms with Crippen LogP contribution in [0.3, 0.4) is 0 Å². The molecule has 1 amide bonds. The topological polar surface area (TPSA) is 68.7 Å². The Hall–Kier alpha value is -2.80. The number of hydrogen-bond donors (Lipinski definition) is 0. The first-order valence-electron chi connectivity index (χ1n) is 7.75. The zero-order valence-corrected chi connectivity index (χ0v) is 14.9. The lowest BCUT2D eigenvalue weighted by Crippen LogP contribution is -2.26. The maximum absolute atomic E-state index is 13.0. The van der Waals surface area contributed by atoms with Crippen LogP contribution >= 0.6 is 11.6 Å². The van der Waals surface area contributed by atoms with Crippen molar-refractivity contribution < 1.29 is 22.8 Å². The van der Waals surface area contributed by atoms with Crippen LogP contribution in [-0.4, -0.2) is 22.8 Å². The minimum atomic E-state index is -0.457. The number of halogens is 2. The van der Waals surface area contributed by atoms with Crippen molar-refractivity contribution in [3.63, 3.8) is 0 Å². The predicted molar refractivity (Wildman–Crippen MR) is 91.5 cm³/mol. The summed E-state index contributed by atoms with van der Waals surface area (Å²) in [6.45, 7) is 2.11. The second kappa shape index (κ2) is 7.61. The van der Waals surface area contributed by atoms with Crippen molar-refractivity contribution >= 4 is 17.5 Å². The molecule has 0 aliphatic carbocycles. The summed E-state index contributed by atoms with van der Waals surface area (Å²) in [5, 5.41) is 0.140. The molecule has 136 valence electrons. The van der Waals surface area contributed by atoms with E-state index in [-0.39, 0.29) is 29.1 Å². The van der Waals surface area contributed by atoms with Crippen LogP contribution in [0.15, 0.2) is 45.4 Å². The lowest BCUT2D eigenvalue weighted by molar-refractivity contribution is 0.0769. The van der Waals surface area contributed by atoms with E-state index in [9.17, 15) is 9.18 Å². The van der Waals surface area contributed by atoms with Gasteiger partial charge >= 0.3 is 0 Å². The Morgan fingerprint density at radius 1 is 1.35 bits per heavy atom. The van der Waals surface area contributed by atoms with E-state index >= 15 is 0 Å². The standard InChI is InChI=1S/C18H16ClFN2O4/c1-11-3-5-13(26-11)8-22(2)18(23)15-9-25-17(21-15)10-24-16-6-4-12(20)7-14(16)19/h3-7,9H,8,10H2,1-2H3. The SMILES string of the molecule is Cc1ccc(CN(C)C(=O)c2coc(COc3ccc(F)cc3Cl)n2)o1. The molecule has 0 N–H and O–H groups in total. The molecule has 0 unspecified atom stereocenters. The van der Waals surface area contributed by atoms with Gasteiger partial charge in [-0.2, -0.15) is 0 Å². The van der Waals surface area contributed by atoms with E-state index in [0.29, 0.717) is 18.1 Å². The molecule has 0 aliphatic rings. The van der Waals surface area contributed by atoms with Crippen LogP contribution in [0.1, 0.15) is 27.9 Å². The van der Waals surface area contributed by atoms with E-state index in [1.807, 2.05) is 19.1 Å². The minimum Gasteiger partial charge on any atom is -0.482 e. The molecular weight excluding hydrogens is 363 g/mol.